The Morgan fingerprint density at radius 2 is 1.89 bits per heavy atom. The van der Waals surface area contributed by atoms with Gasteiger partial charge >= 0.3 is 0 Å². The van der Waals surface area contributed by atoms with Crippen molar-refractivity contribution in [1.29, 1.82) is 0 Å². The van der Waals surface area contributed by atoms with E-state index >= 15 is 0 Å². The van der Waals surface area contributed by atoms with E-state index in [4.69, 9.17) is 0 Å². The van der Waals surface area contributed by atoms with Crippen LogP contribution in [0.2, 0.25) is 0 Å². The number of hydrogen-bond donors (Lipinski definition) is 1. The number of nitrogens with zero attached hydrogens (tertiary/aromatic N) is 2. The average Bonchev–Trinajstić information content (AvgIpc) is 2.48. The van der Waals surface area contributed by atoms with Crippen molar-refractivity contribution in [3.05, 3.63) is 17.0 Å². The van der Waals surface area contributed by atoms with E-state index < -0.39 is 0 Å². The van der Waals surface area contributed by atoms with E-state index in [1.165, 1.54) is 29.8 Å². The van der Waals surface area contributed by atoms with Gasteiger partial charge in [-0.15, -0.1) is 0 Å². The molecule has 0 aromatic carbocycles. The third kappa shape index (κ3) is 4.13. The molecule has 1 unspecified atom stereocenters. The first-order valence-corrected chi connectivity index (χ1v) is 6.91. The molecular weight excluding hydrogens is 222 g/mol. The minimum absolute atomic E-state index is 0.411. The minimum Gasteiger partial charge on any atom is -0.317 e. The Morgan fingerprint density at radius 1 is 1.28 bits per heavy atom. The molecule has 0 saturated heterocycles. The summed E-state index contributed by atoms with van der Waals surface area (Å²) in [5.41, 5.74) is 4.29. The summed E-state index contributed by atoms with van der Waals surface area (Å²) in [6, 6.07) is 0.547. The summed E-state index contributed by atoms with van der Waals surface area (Å²) in [4.78, 5) is 0. The van der Waals surface area contributed by atoms with Crippen molar-refractivity contribution in [1.82, 2.24) is 15.1 Å². The van der Waals surface area contributed by atoms with Crippen molar-refractivity contribution in [3.8, 4) is 0 Å². The standard InChI is InChI=1S/C15H29N3/c1-11-14(12(2)18(7)17-11)10-13(16-6)8-9-15(3,4)5/h13,16H,8-10H2,1-7H3. The zero-order chi connectivity index (χ0) is 13.9. The third-order valence-corrected chi connectivity index (χ3v) is 3.76. The minimum atomic E-state index is 0.411. The third-order valence-electron chi connectivity index (χ3n) is 3.76. The summed E-state index contributed by atoms with van der Waals surface area (Å²) in [6.07, 6.45) is 3.54. The Labute approximate surface area is 112 Å². The van der Waals surface area contributed by atoms with Gasteiger partial charge in [-0.2, -0.15) is 5.10 Å². The fourth-order valence-electron chi connectivity index (χ4n) is 2.31. The molecule has 0 aliphatic rings. The number of rotatable bonds is 5. The van der Waals surface area contributed by atoms with Gasteiger partial charge in [0, 0.05) is 18.8 Å². The molecule has 3 heteroatoms. The molecule has 104 valence electrons. The molecule has 0 radical (unpaired) electrons. The van der Waals surface area contributed by atoms with Crippen LogP contribution in [-0.4, -0.2) is 22.9 Å². The first-order chi connectivity index (χ1) is 8.24. The molecule has 0 saturated carbocycles. The van der Waals surface area contributed by atoms with Crippen molar-refractivity contribution in [2.75, 3.05) is 7.05 Å². The highest BCUT2D eigenvalue weighted by Crippen LogP contribution is 2.23. The molecule has 0 fully saturated rings. The maximum Gasteiger partial charge on any atom is 0.0628 e. The van der Waals surface area contributed by atoms with E-state index in [2.05, 4.69) is 52.1 Å². The average molecular weight is 251 g/mol. The van der Waals surface area contributed by atoms with Gasteiger partial charge < -0.3 is 5.32 Å². The molecule has 0 aliphatic carbocycles. The Hall–Kier alpha value is -0.830. The van der Waals surface area contributed by atoms with Crippen molar-refractivity contribution in [2.45, 2.75) is 59.9 Å². The van der Waals surface area contributed by atoms with Crippen molar-refractivity contribution in [2.24, 2.45) is 12.5 Å². The van der Waals surface area contributed by atoms with E-state index in [0.29, 0.717) is 11.5 Å². The lowest BCUT2D eigenvalue weighted by atomic mass is 9.87. The molecule has 1 aromatic rings. The summed E-state index contributed by atoms with van der Waals surface area (Å²) in [6.45, 7) is 11.2. The van der Waals surface area contributed by atoms with Crippen molar-refractivity contribution < 1.29 is 0 Å². The summed E-state index contributed by atoms with van der Waals surface area (Å²) in [5.74, 6) is 0. The van der Waals surface area contributed by atoms with Crippen LogP contribution in [0.5, 0.6) is 0 Å². The molecule has 1 rings (SSSR count). The van der Waals surface area contributed by atoms with Crippen molar-refractivity contribution in [3.63, 3.8) is 0 Å². The number of nitrogens with one attached hydrogen (secondary N) is 1. The summed E-state index contributed by atoms with van der Waals surface area (Å²) in [7, 11) is 4.09. The summed E-state index contributed by atoms with van der Waals surface area (Å²) >= 11 is 0. The smallest absolute Gasteiger partial charge is 0.0628 e. The van der Waals surface area contributed by atoms with Crippen molar-refractivity contribution >= 4 is 0 Å². The highest BCUT2D eigenvalue weighted by atomic mass is 15.3. The molecule has 0 bridgehead atoms. The normalized spacial score (nSPS) is 13.9. The lowest BCUT2D eigenvalue weighted by Gasteiger charge is -2.23. The van der Waals surface area contributed by atoms with Gasteiger partial charge in [0.1, 0.15) is 0 Å². The van der Waals surface area contributed by atoms with Gasteiger partial charge in [-0.3, -0.25) is 4.68 Å². The largest absolute Gasteiger partial charge is 0.317 e. The molecule has 0 aliphatic heterocycles. The van der Waals surface area contributed by atoms with Crippen LogP contribution in [0.4, 0.5) is 0 Å². The molecule has 1 atom stereocenters. The van der Waals surface area contributed by atoms with Crippen LogP contribution in [-0.2, 0) is 13.5 Å². The van der Waals surface area contributed by atoms with Gasteiger partial charge in [0.05, 0.1) is 5.69 Å². The maximum atomic E-state index is 4.50. The molecule has 1 aromatic heterocycles. The van der Waals surface area contributed by atoms with Crippen LogP contribution < -0.4 is 5.32 Å². The van der Waals surface area contributed by atoms with Crippen LogP contribution in [0.15, 0.2) is 0 Å². The Morgan fingerprint density at radius 3 is 2.28 bits per heavy atom. The van der Waals surface area contributed by atoms with E-state index in [1.807, 2.05) is 11.7 Å². The number of hydrogen-bond acceptors (Lipinski definition) is 2. The number of likely N-dealkylation sites (N-methyl/N-ethyl adjacent to an activating group) is 1. The lowest BCUT2D eigenvalue weighted by molar-refractivity contribution is 0.334. The second kappa shape index (κ2) is 5.87. The fourth-order valence-corrected chi connectivity index (χ4v) is 2.31. The first kappa shape index (κ1) is 15.2. The molecule has 18 heavy (non-hydrogen) atoms. The summed E-state index contributed by atoms with van der Waals surface area (Å²) < 4.78 is 1.99. The maximum absolute atomic E-state index is 4.50. The van der Waals surface area contributed by atoms with E-state index in [1.54, 1.807) is 0 Å². The Bertz CT molecular complexity index is 385. The topological polar surface area (TPSA) is 29.9 Å². The second-order valence-corrected chi connectivity index (χ2v) is 6.56. The van der Waals surface area contributed by atoms with Gasteiger partial charge in [-0.05, 0) is 51.1 Å². The molecule has 0 amide bonds. The van der Waals surface area contributed by atoms with Crippen LogP contribution in [0, 0.1) is 19.3 Å². The Kier molecular flexibility index (Phi) is 4.97. The monoisotopic (exact) mass is 251 g/mol. The van der Waals surface area contributed by atoms with Crippen LogP contribution in [0.1, 0.15) is 50.6 Å². The zero-order valence-corrected chi connectivity index (χ0v) is 13.1. The predicted molar refractivity (Wildman–Crippen MR) is 77.9 cm³/mol. The highest BCUT2D eigenvalue weighted by Gasteiger charge is 2.17. The second-order valence-electron chi connectivity index (χ2n) is 6.56. The zero-order valence-electron chi connectivity index (χ0n) is 13.1. The van der Waals surface area contributed by atoms with Crippen LogP contribution >= 0.6 is 0 Å². The van der Waals surface area contributed by atoms with Gasteiger partial charge in [0.2, 0.25) is 0 Å². The molecule has 1 N–H and O–H groups in total. The van der Waals surface area contributed by atoms with Gasteiger partial charge in [-0.1, -0.05) is 20.8 Å². The van der Waals surface area contributed by atoms with E-state index in [9.17, 15) is 0 Å². The lowest BCUT2D eigenvalue weighted by Crippen LogP contribution is -2.29. The molecule has 3 nitrogen and oxygen atoms in total. The summed E-state index contributed by atoms with van der Waals surface area (Å²) in [5, 5.41) is 7.95. The predicted octanol–water partition coefficient (Wildman–Crippen LogP) is 2.99. The molecule has 0 spiro atoms. The van der Waals surface area contributed by atoms with E-state index in [-0.39, 0.29) is 0 Å². The quantitative estimate of drug-likeness (QED) is 0.872. The van der Waals surface area contributed by atoms with Gasteiger partial charge in [-0.25, -0.2) is 0 Å². The van der Waals surface area contributed by atoms with Crippen LogP contribution in [0.3, 0.4) is 0 Å². The molecular formula is C15H29N3. The molecule has 1 heterocycles. The number of aromatic nitrogens is 2. The highest BCUT2D eigenvalue weighted by molar-refractivity contribution is 5.25. The van der Waals surface area contributed by atoms with Crippen LogP contribution in [0.25, 0.3) is 0 Å². The van der Waals surface area contributed by atoms with E-state index in [0.717, 1.165) is 6.42 Å². The fraction of sp³-hybridized carbons (Fsp3) is 0.800. The number of aryl methyl sites for hydroxylation is 2. The van der Waals surface area contributed by atoms with Gasteiger partial charge in [0.25, 0.3) is 0 Å². The van der Waals surface area contributed by atoms with Gasteiger partial charge in [0.15, 0.2) is 0 Å². The first-order valence-electron chi connectivity index (χ1n) is 6.91. The Balaban J connectivity index is 2.68. The SMILES string of the molecule is CNC(CCC(C)(C)C)Cc1c(C)nn(C)c1C.